The van der Waals surface area contributed by atoms with Crippen molar-refractivity contribution in [3.63, 3.8) is 0 Å². The zero-order valence-corrected chi connectivity index (χ0v) is 7.97. The van der Waals surface area contributed by atoms with E-state index in [-0.39, 0.29) is 6.42 Å². The van der Waals surface area contributed by atoms with Crippen LogP contribution in [0.25, 0.3) is 0 Å². The lowest BCUT2D eigenvalue weighted by Gasteiger charge is -2.00. The van der Waals surface area contributed by atoms with Gasteiger partial charge in [-0.3, -0.25) is 9.59 Å². The van der Waals surface area contributed by atoms with Crippen LogP contribution < -0.4 is 0 Å². The molecule has 0 amide bonds. The fourth-order valence-electron chi connectivity index (χ4n) is 1.03. The Morgan fingerprint density at radius 3 is 2.47 bits per heavy atom. The van der Waals surface area contributed by atoms with Gasteiger partial charge in [0.1, 0.15) is 6.42 Å². The predicted molar refractivity (Wildman–Crippen MR) is 51.5 cm³/mol. The minimum absolute atomic E-state index is 0.0397. The van der Waals surface area contributed by atoms with Crippen LogP contribution in [0.4, 0.5) is 0 Å². The van der Waals surface area contributed by atoms with Crippen LogP contribution in [0.1, 0.15) is 12.0 Å². The van der Waals surface area contributed by atoms with Crippen LogP contribution in [0.15, 0.2) is 30.3 Å². The molecule has 0 aliphatic heterocycles. The molecule has 0 aliphatic rings. The van der Waals surface area contributed by atoms with E-state index in [4.69, 9.17) is 5.26 Å². The molecule has 0 N–H and O–H groups in total. The first-order valence-electron chi connectivity index (χ1n) is 4.37. The molecular weight excluding hydrogens is 194 g/mol. The Kier molecular flexibility index (Phi) is 4.05. The topological polar surface area (TPSA) is 67.2 Å². The highest BCUT2D eigenvalue weighted by Gasteiger charge is 2.10. The second-order valence-electron chi connectivity index (χ2n) is 2.84. The molecule has 0 unspecified atom stereocenters. The van der Waals surface area contributed by atoms with Crippen LogP contribution in [0.5, 0.6) is 0 Å². The van der Waals surface area contributed by atoms with Crippen molar-refractivity contribution < 1.29 is 14.3 Å². The number of nitriles is 1. The van der Waals surface area contributed by atoms with Gasteiger partial charge in [-0.25, -0.2) is 0 Å². The number of ether oxygens (including phenoxy) is 1. The number of hydrogen-bond acceptors (Lipinski definition) is 4. The van der Waals surface area contributed by atoms with Crippen LogP contribution in [0, 0.1) is 11.3 Å². The minimum atomic E-state index is -0.807. The first-order chi connectivity index (χ1) is 7.22. The first kappa shape index (κ1) is 10.9. The van der Waals surface area contributed by atoms with E-state index in [2.05, 4.69) is 4.74 Å². The molecule has 15 heavy (non-hydrogen) atoms. The third-order valence-electron chi connectivity index (χ3n) is 1.64. The van der Waals surface area contributed by atoms with Crippen molar-refractivity contribution in [2.24, 2.45) is 0 Å². The third kappa shape index (κ3) is 4.05. The Morgan fingerprint density at radius 1 is 1.20 bits per heavy atom. The van der Waals surface area contributed by atoms with Gasteiger partial charge in [0.05, 0.1) is 12.5 Å². The van der Waals surface area contributed by atoms with Crippen LogP contribution in [-0.2, 0) is 20.7 Å². The standard InChI is InChI=1S/C11H9NO3/c12-7-6-10(13)15-11(14)8-9-4-2-1-3-5-9/h1-5H,6,8H2. The molecule has 4 nitrogen and oxygen atoms in total. The van der Waals surface area contributed by atoms with E-state index in [9.17, 15) is 9.59 Å². The maximum absolute atomic E-state index is 11.1. The molecule has 0 heterocycles. The Labute approximate surface area is 87.1 Å². The highest BCUT2D eigenvalue weighted by atomic mass is 16.6. The van der Waals surface area contributed by atoms with Crippen molar-refractivity contribution in [1.29, 1.82) is 5.26 Å². The van der Waals surface area contributed by atoms with E-state index in [1.54, 1.807) is 30.3 Å². The van der Waals surface area contributed by atoms with E-state index in [1.807, 2.05) is 6.07 Å². The summed E-state index contributed by atoms with van der Waals surface area (Å²) >= 11 is 0. The quantitative estimate of drug-likeness (QED) is 0.547. The number of carbonyl (C=O) groups is 2. The predicted octanol–water partition coefficient (Wildman–Crippen LogP) is 1.21. The van der Waals surface area contributed by atoms with Gasteiger partial charge in [-0.1, -0.05) is 30.3 Å². The summed E-state index contributed by atoms with van der Waals surface area (Å²) in [7, 11) is 0. The third-order valence-corrected chi connectivity index (χ3v) is 1.64. The van der Waals surface area contributed by atoms with Gasteiger partial charge >= 0.3 is 11.9 Å². The van der Waals surface area contributed by atoms with E-state index in [1.165, 1.54) is 0 Å². The summed E-state index contributed by atoms with van der Waals surface area (Å²) in [6.45, 7) is 0. The lowest BCUT2D eigenvalue weighted by molar-refractivity contribution is -0.158. The van der Waals surface area contributed by atoms with Crippen molar-refractivity contribution in [3.8, 4) is 6.07 Å². The molecule has 0 bridgehead atoms. The van der Waals surface area contributed by atoms with Crippen LogP contribution in [0.2, 0.25) is 0 Å². The first-order valence-corrected chi connectivity index (χ1v) is 4.37. The maximum atomic E-state index is 11.1. The Balaban J connectivity index is 2.44. The number of rotatable bonds is 3. The van der Waals surface area contributed by atoms with E-state index in [0.29, 0.717) is 0 Å². The van der Waals surface area contributed by atoms with Gasteiger partial charge in [0.15, 0.2) is 0 Å². The number of carbonyl (C=O) groups excluding carboxylic acids is 2. The summed E-state index contributed by atoms with van der Waals surface area (Å²) in [6.07, 6.45) is -0.363. The second-order valence-corrected chi connectivity index (χ2v) is 2.84. The van der Waals surface area contributed by atoms with Crippen molar-refractivity contribution in [2.75, 3.05) is 0 Å². The fourth-order valence-corrected chi connectivity index (χ4v) is 1.03. The fraction of sp³-hybridized carbons (Fsp3) is 0.182. The Bertz CT molecular complexity index is 392. The molecule has 4 heteroatoms. The van der Waals surface area contributed by atoms with Gasteiger partial charge in [0.2, 0.25) is 0 Å². The van der Waals surface area contributed by atoms with Crippen molar-refractivity contribution in [2.45, 2.75) is 12.8 Å². The summed E-state index contributed by atoms with van der Waals surface area (Å²) in [5.74, 6) is -1.44. The molecule has 0 aliphatic carbocycles. The summed E-state index contributed by atoms with van der Waals surface area (Å²) < 4.78 is 4.39. The van der Waals surface area contributed by atoms with E-state index < -0.39 is 18.4 Å². The van der Waals surface area contributed by atoms with Gasteiger partial charge in [-0.2, -0.15) is 5.26 Å². The van der Waals surface area contributed by atoms with Crippen molar-refractivity contribution in [1.82, 2.24) is 0 Å². The summed E-state index contributed by atoms with van der Waals surface area (Å²) in [4.78, 5) is 21.9. The number of benzene rings is 1. The van der Waals surface area contributed by atoms with Crippen molar-refractivity contribution >= 4 is 11.9 Å². The molecule has 76 valence electrons. The average molecular weight is 203 g/mol. The number of esters is 2. The van der Waals surface area contributed by atoms with Gasteiger partial charge < -0.3 is 4.74 Å². The molecule has 0 spiro atoms. The largest absolute Gasteiger partial charge is 0.392 e. The second kappa shape index (κ2) is 5.55. The highest BCUT2D eigenvalue weighted by molar-refractivity contribution is 5.87. The van der Waals surface area contributed by atoms with Crippen LogP contribution >= 0.6 is 0 Å². The SMILES string of the molecule is N#CCC(=O)OC(=O)Cc1ccccc1. The van der Waals surface area contributed by atoms with Gasteiger partial charge in [-0.15, -0.1) is 0 Å². The van der Waals surface area contributed by atoms with Gasteiger partial charge in [0, 0.05) is 0 Å². The number of hydrogen-bond donors (Lipinski definition) is 0. The molecule has 1 rings (SSSR count). The smallest absolute Gasteiger partial charge is 0.327 e. The summed E-state index contributed by atoms with van der Waals surface area (Å²) in [6, 6.07) is 10.5. The van der Waals surface area contributed by atoms with Gasteiger partial charge in [0.25, 0.3) is 0 Å². The summed E-state index contributed by atoms with van der Waals surface area (Å²) in [5, 5.41) is 8.18. The Morgan fingerprint density at radius 2 is 1.87 bits per heavy atom. The molecule has 0 saturated heterocycles. The van der Waals surface area contributed by atoms with E-state index in [0.717, 1.165) is 5.56 Å². The molecule has 0 fully saturated rings. The zero-order valence-electron chi connectivity index (χ0n) is 7.97. The zero-order chi connectivity index (χ0) is 11.1. The number of nitrogens with zero attached hydrogens (tertiary/aromatic N) is 1. The normalized spacial score (nSPS) is 9.00. The molecule has 0 atom stereocenters. The molecule has 0 aromatic heterocycles. The average Bonchev–Trinajstić information content (AvgIpc) is 2.19. The molecule has 1 aromatic rings. The van der Waals surface area contributed by atoms with Crippen LogP contribution in [0.3, 0.4) is 0 Å². The molecular formula is C11H9NO3. The van der Waals surface area contributed by atoms with Crippen molar-refractivity contribution in [3.05, 3.63) is 35.9 Å². The maximum Gasteiger partial charge on any atom is 0.327 e. The summed E-state index contributed by atoms with van der Waals surface area (Å²) in [5.41, 5.74) is 0.771. The monoisotopic (exact) mass is 203 g/mol. The Hall–Kier alpha value is -2.15. The highest BCUT2D eigenvalue weighted by Crippen LogP contribution is 2.01. The lowest BCUT2D eigenvalue weighted by Crippen LogP contribution is -2.13. The molecule has 0 radical (unpaired) electrons. The molecule has 0 saturated carbocycles. The van der Waals surface area contributed by atoms with E-state index >= 15 is 0 Å². The van der Waals surface area contributed by atoms with Crippen LogP contribution in [-0.4, -0.2) is 11.9 Å². The molecule has 1 aromatic carbocycles. The van der Waals surface area contributed by atoms with Gasteiger partial charge in [-0.05, 0) is 5.56 Å². The lowest BCUT2D eigenvalue weighted by atomic mass is 10.2. The minimum Gasteiger partial charge on any atom is -0.392 e.